The van der Waals surface area contributed by atoms with Crippen molar-refractivity contribution in [1.29, 1.82) is 0 Å². The van der Waals surface area contributed by atoms with E-state index in [-0.39, 0.29) is 11.5 Å². The van der Waals surface area contributed by atoms with Crippen molar-refractivity contribution < 1.29 is 13.2 Å². The van der Waals surface area contributed by atoms with E-state index in [0.29, 0.717) is 0 Å². The van der Waals surface area contributed by atoms with Crippen LogP contribution in [0.1, 0.15) is 0 Å². The zero-order valence-electron chi connectivity index (χ0n) is 7.42. The van der Waals surface area contributed by atoms with E-state index in [9.17, 15) is 13.2 Å². The largest absolute Gasteiger partial charge is 0.384 e. The van der Waals surface area contributed by atoms with E-state index in [1.165, 1.54) is 12.3 Å². The number of anilines is 1. The predicted molar refractivity (Wildman–Crippen MR) is 47.9 cm³/mol. The van der Waals surface area contributed by atoms with Crippen LogP contribution in [0.15, 0.2) is 24.4 Å². The van der Waals surface area contributed by atoms with Crippen molar-refractivity contribution in [3.8, 4) is 5.69 Å². The third-order valence-electron chi connectivity index (χ3n) is 1.91. The van der Waals surface area contributed by atoms with Crippen LogP contribution < -0.4 is 5.73 Å². The number of rotatable bonds is 1. The van der Waals surface area contributed by atoms with E-state index in [4.69, 9.17) is 5.73 Å². The Morgan fingerprint density at radius 2 is 1.80 bits per heavy atom. The molecule has 0 saturated heterocycles. The fourth-order valence-electron chi connectivity index (χ4n) is 1.19. The lowest BCUT2D eigenvalue weighted by atomic mass is 10.3. The van der Waals surface area contributed by atoms with Gasteiger partial charge in [-0.15, -0.1) is 0 Å². The highest BCUT2D eigenvalue weighted by Crippen LogP contribution is 2.20. The summed E-state index contributed by atoms with van der Waals surface area (Å²) < 4.78 is 39.8. The van der Waals surface area contributed by atoms with Crippen LogP contribution >= 0.6 is 0 Å². The van der Waals surface area contributed by atoms with E-state index in [1.807, 2.05) is 0 Å². The minimum absolute atomic E-state index is 0.139. The van der Waals surface area contributed by atoms with Crippen molar-refractivity contribution in [2.24, 2.45) is 0 Å². The molecule has 0 bridgehead atoms. The molecule has 0 atom stereocenters. The molecule has 0 radical (unpaired) electrons. The standard InChI is InChI=1S/C9H6F3N3/c10-5-1-2-6(9(12)8(5)11)15-7(13)3-4-14-15/h1-4H,13H2. The van der Waals surface area contributed by atoms with Crippen molar-refractivity contribution in [2.45, 2.75) is 0 Å². The van der Waals surface area contributed by atoms with Gasteiger partial charge < -0.3 is 5.73 Å². The van der Waals surface area contributed by atoms with Gasteiger partial charge in [0.25, 0.3) is 0 Å². The maximum atomic E-state index is 13.3. The van der Waals surface area contributed by atoms with Gasteiger partial charge in [0.1, 0.15) is 11.5 Å². The van der Waals surface area contributed by atoms with Crippen LogP contribution in [0.2, 0.25) is 0 Å². The summed E-state index contributed by atoms with van der Waals surface area (Å²) >= 11 is 0. The second-order valence-corrected chi connectivity index (χ2v) is 2.86. The molecular formula is C9H6F3N3. The number of nitrogens with zero attached hydrogens (tertiary/aromatic N) is 2. The van der Waals surface area contributed by atoms with Crippen LogP contribution in [0.25, 0.3) is 5.69 Å². The Balaban J connectivity index is 2.65. The number of benzene rings is 1. The van der Waals surface area contributed by atoms with Crippen LogP contribution in [-0.2, 0) is 0 Å². The molecule has 0 saturated carbocycles. The molecule has 0 amide bonds. The molecule has 0 aliphatic rings. The maximum Gasteiger partial charge on any atom is 0.196 e. The first-order valence-corrected chi connectivity index (χ1v) is 4.04. The summed E-state index contributed by atoms with van der Waals surface area (Å²) in [5.41, 5.74) is 5.22. The van der Waals surface area contributed by atoms with Crippen molar-refractivity contribution in [2.75, 3.05) is 5.73 Å². The SMILES string of the molecule is Nc1ccnn1-c1ccc(F)c(F)c1F. The van der Waals surface area contributed by atoms with E-state index in [0.717, 1.165) is 16.8 Å². The molecule has 78 valence electrons. The van der Waals surface area contributed by atoms with Crippen molar-refractivity contribution in [3.63, 3.8) is 0 Å². The van der Waals surface area contributed by atoms with Gasteiger partial charge in [-0.05, 0) is 12.1 Å². The molecule has 2 aromatic rings. The molecule has 2 rings (SSSR count). The lowest BCUT2D eigenvalue weighted by Crippen LogP contribution is -2.06. The summed E-state index contributed by atoms with van der Waals surface area (Å²) in [5, 5.41) is 3.68. The maximum absolute atomic E-state index is 13.3. The second-order valence-electron chi connectivity index (χ2n) is 2.86. The van der Waals surface area contributed by atoms with Gasteiger partial charge in [0.15, 0.2) is 17.5 Å². The van der Waals surface area contributed by atoms with Crippen LogP contribution in [0.3, 0.4) is 0 Å². The molecule has 1 aromatic carbocycles. The van der Waals surface area contributed by atoms with Crippen LogP contribution in [0, 0.1) is 17.5 Å². The quantitative estimate of drug-likeness (QED) is 0.735. The Bertz CT molecular complexity index is 507. The Morgan fingerprint density at radius 3 is 2.40 bits per heavy atom. The number of aromatic nitrogens is 2. The average molecular weight is 213 g/mol. The molecule has 0 spiro atoms. The topological polar surface area (TPSA) is 43.8 Å². The van der Waals surface area contributed by atoms with Gasteiger partial charge >= 0.3 is 0 Å². The highest BCUT2D eigenvalue weighted by molar-refractivity contribution is 5.42. The van der Waals surface area contributed by atoms with Gasteiger partial charge in [-0.25, -0.2) is 17.9 Å². The second kappa shape index (κ2) is 3.30. The first-order chi connectivity index (χ1) is 7.11. The molecule has 1 aromatic heterocycles. The third-order valence-corrected chi connectivity index (χ3v) is 1.91. The average Bonchev–Trinajstić information content (AvgIpc) is 2.62. The van der Waals surface area contributed by atoms with Crippen molar-refractivity contribution in [3.05, 3.63) is 41.8 Å². The zero-order chi connectivity index (χ0) is 11.0. The van der Waals surface area contributed by atoms with E-state index in [1.54, 1.807) is 0 Å². The van der Waals surface area contributed by atoms with Gasteiger partial charge in [0.2, 0.25) is 0 Å². The summed E-state index contributed by atoms with van der Waals surface area (Å²) in [6, 6.07) is 3.30. The number of hydrogen-bond donors (Lipinski definition) is 1. The van der Waals surface area contributed by atoms with E-state index >= 15 is 0 Å². The fraction of sp³-hybridized carbons (Fsp3) is 0. The summed E-state index contributed by atoms with van der Waals surface area (Å²) in [5.74, 6) is -3.96. The lowest BCUT2D eigenvalue weighted by Gasteiger charge is -2.06. The highest BCUT2D eigenvalue weighted by Gasteiger charge is 2.15. The molecule has 0 fully saturated rings. The van der Waals surface area contributed by atoms with Gasteiger partial charge in [-0.2, -0.15) is 5.10 Å². The summed E-state index contributed by atoms with van der Waals surface area (Å²) in [7, 11) is 0. The first-order valence-electron chi connectivity index (χ1n) is 4.04. The molecular weight excluding hydrogens is 207 g/mol. The number of nitrogen functional groups attached to an aromatic ring is 1. The third kappa shape index (κ3) is 1.43. The normalized spacial score (nSPS) is 10.6. The number of halogens is 3. The minimum atomic E-state index is -1.54. The predicted octanol–water partition coefficient (Wildman–Crippen LogP) is 1.87. The summed E-state index contributed by atoms with van der Waals surface area (Å²) in [6.07, 6.45) is 1.33. The Kier molecular flexibility index (Phi) is 2.11. The molecule has 3 nitrogen and oxygen atoms in total. The Labute approximate surface area is 82.9 Å². The molecule has 6 heteroatoms. The molecule has 0 aliphatic heterocycles. The molecule has 2 N–H and O–H groups in total. The van der Waals surface area contributed by atoms with Gasteiger partial charge in [0.05, 0.1) is 6.20 Å². The van der Waals surface area contributed by atoms with E-state index in [2.05, 4.69) is 5.10 Å². The van der Waals surface area contributed by atoms with Crippen LogP contribution in [-0.4, -0.2) is 9.78 Å². The summed E-state index contributed by atoms with van der Waals surface area (Å²) in [4.78, 5) is 0. The van der Waals surface area contributed by atoms with Gasteiger partial charge in [-0.3, -0.25) is 0 Å². The molecule has 0 unspecified atom stereocenters. The minimum Gasteiger partial charge on any atom is -0.384 e. The lowest BCUT2D eigenvalue weighted by molar-refractivity contribution is 0.443. The van der Waals surface area contributed by atoms with Crippen molar-refractivity contribution in [1.82, 2.24) is 9.78 Å². The van der Waals surface area contributed by atoms with Crippen LogP contribution in [0.4, 0.5) is 19.0 Å². The fourth-order valence-corrected chi connectivity index (χ4v) is 1.19. The number of hydrogen-bond acceptors (Lipinski definition) is 2. The first kappa shape index (κ1) is 9.57. The molecule has 0 aliphatic carbocycles. The zero-order valence-corrected chi connectivity index (χ0v) is 7.42. The molecule has 1 heterocycles. The highest BCUT2D eigenvalue weighted by atomic mass is 19.2. The van der Waals surface area contributed by atoms with Crippen LogP contribution in [0.5, 0.6) is 0 Å². The number of nitrogens with two attached hydrogens (primary N) is 1. The van der Waals surface area contributed by atoms with Gasteiger partial charge in [0, 0.05) is 6.07 Å². The smallest absolute Gasteiger partial charge is 0.196 e. The Morgan fingerprint density at radius 1 is 1.07 bits per heavy atom. The summed E-state index contributed by atoms with van der Waals surface area (Å²) in [6.45, 7) is 0. The van der Waals surface area contributed by atoms with E-state index < -0.39 is 17.5 Å². The van der Waals surface area contributed by atoms with Crippen molar-refractivity contribution >= 4 is 5.82 Å². The molecule has 15 heavy (non-hydrogen) atoms. The Hall–Kier alpha value is -1.98. The van der Waals surface area contributed by atoms with Gasteiger partial charge in [-0.1, -0.05) is 0 Å². The monoisotopic (exact) mass is 213 g/mol.